The third-order valence-corrected chi connectivity index (χ3v) is 3.94. The first kappa shape index (κ1) is 21.7. The number of rotatable bonds is 12. The van der Waals surface area contributed by atoms with Crippen molar-refractivity contribution >= 4 is 0 Å². The number of hydrogen-bond donors (Lipinski definition) is 0. The molecular formula is C16H36N2O2. The molecule has 0 fully saturated rings. The second kappa shape index (κ2) is 16.4. The molecule has 0 atom stereocenters. The summed E-state index contributed by atoms with van der Waals surface area (Å²) in [5.74, 6) is 0. The minimum atomic E-state index is 1.00. The Hall–Kier alpha value is -0.640. The lowest BCUT2D eigenvalue weighted by atomic mass is 10.1. The summed E-state index contributed by atoms with van der Waals surface area (Å²) in [4.78, 5) is 8.00. The average Bonchev–Trinajstić information content (AvgIpc) is 2.46. The number of hydrogen-bond acceptors (Lipinski definition) is 3. The summed E-state index contributed by atoms with van der Waals surface area (Å²) in [5, 5.41) is 9.00. The fraction of sp³-hybridized carbons (Fsp3) is 1.00. The van der Waals surface area contributed by atoms with E-state index in [9.17, 15) is 0 Å². The van der Waals surface area contributed by atoms with Gasteiger partial charge in [0, 0.05) is 0 Å². The molecule has 0 aliphatic heterocycles. The first-order valence-corrected chi connectivity index (χ1v) is 8.46. The Labute approximate surface area is 126 Å². The van der Waals surface area contributed by atoms with Gasteiger partial charge < -0.3 is 14.6 Å². The van der Waals surface area contributed by atoms with E-state index < -0.39 is 0 Å². The van der Waals surface area contributed by atoms with E-state index in [1.165, 1.54) is 82.0 Å². The van der Waals surface area contributed by atoms with Gasteiger partial charge >= 0.3 is 0 Å². The third-order valence-electron chi connectivity index (χ3n) is 3.94. The van der Waals surface area contributed by atoms with Gasteiger partial charge in [-0.25, -0.2) is 0 Å². The summed E-state index contributed by atoms with van der Waals surface area (Å²) in [6, 6.07) is 0. The van der Waals surface area contributed by atoms with Crippen molar-refractivity contribution in [3.63, 3.8) is 0 Å². The minimum absolute atomic E-state index is 1.00. The highest BCUT2D eigenvalue weighted by Crippen LogP contribution is 2.16. The van der Waals surface area contributed by atoms with Crippen molar-refractivity contribution < 1.29 is 4.48 Å². The second-order valence-corrected chi connectivity index (χ2v) is 5.72. The van der Waals surface area contributed by atoms with E-state index in [4.69, 9.17) is 10.1 Å². The maximum absolute atomic E-state index is 8.00. The average molecular weight is 288 g/mol. The zero-order chi connectivity index (χ0) is 15.7. The van der Waals surface area contributed by atoms with Crippen LogP contribution in [-0.2, 0) is 0 Å². The highest BCUT2D eigenvalue weighted by atomic mass is 16.6. The quantitative estimate of drug-likeness (QED) is 0.279. The van der Waals surface area contributed by atoms with Crippen LogP contribution in [0.2, 0.25) is 0 Å². The molecule has 0 aromatic heterocycles. The predicted octanol–water partition coefficient (Wildman–Crippen LogP) is 5.25. The van der Waals surface area contributed by atoms with Gasteiger partial charge in [0.25, 0.3) is 0 Å². The summed E-state index contributed by atoms with van der Waals surface area (Å²) in [7, 11) is 0. The van der Waals surface area contributed by atoms with E-state index in [1.54, 1.807) is 0 Å². The molecule has 0 aliphatic rings. The summed E-state index contributed by atoms with van der Waals surface area (Å²) in [5.41, 5.74) is 0. The fourth-order valence-corrected chi connectivity index (χ4v) is 2.64. The van der Waals surface area contributed by atoms with Gasteiger partial charge in [-0.1, -0.05) is 53.4 Å². The van der Waals surface area contributed by atoms with Crippen molar-refractivity contribution in [2.75, 3.05) is 26.2 Å². The number of nitrogens with zero attached hydrogens (tertiary/aromatic N) is 2. The van der Waals surface area contributed by atoms with E-state index in [-0.39, 0.29) is 0 Å². The molecule has 0 spiro atoms. The number of quaternary nitrogens is 1. The van der Waals surface area contributed by atoms with Crippen molar-refractivity contribution in [3.8, 4) is 0 Å². The fourth-order valence-electron chi connectivity index (χ4n) is 2.64. The SMILES string of the molecule is CCCC[N+](CCCC)(CCCC)CCCC.O=N[O-]. The van der Waals surface area contributed by atoms with Crippen molar-refractivity contribution in [2.24, 2.45) is 5.34 Å². The van der Waals surface area contributed by atoms with Gasteiger partial charge in [0.1, 0.15) is 0 Å². The minimum Gasteiger partial charge on any atom is -0.444 e. The van der Waals surface area contributed by atoms with Crippen LogP contribution in [0.1, 0.15) is 79.1 Å². The molecule has 4 heteroatoms. The van der Waals surface area contributed by atoms with Crippen molar-refractivity contribution in [2.45, 2.75) is 79.1 Å². The summed E-state index contributed by atoms with van der Waals surface area (Å²) >= 11 is 0. The molecule has 0 radical (unpaired) electrons. The first-order valence-electron chi connectivity index (χ1n) is 8.46. The van der Waals surface area contributed by atoms with E-state index in [2.05, 4.69) is 27.7 Å². The molecular weight excluding hydrogens is 252 g/mol. The van der Waals surface area contributed by atoms with Gasteiger partial charge in [0.15, 0.2) is 0 Å². The van der Waals surface area contributed by atoms with E-state index in [0.29, 0.717) is 0 Å². The topological polar surface area (TPSA) is 52.5 Å². The molecule has 0 aromatic rings. The van der Waals surface area contributed by atoms with Crippen LogP contribution in [0, 0.1) is 10.1 Å². The Morgan fingerprint density at radius 3 is 1.05 bits per heavy atom. The lowest BCUT2D eigenvalue weighted by molar-refractivity contribution is -0.929. The van der Waals surface area contributed by atoms with Crippen LogP contribution in [0.4, 0.5) is 0 Å². The number of unbranched alkanes of at least 4 members (excludes halogenated alkanes) is 4. The zero-order valence-corrected chi connectivity index (χ0v) is 14.2. The van der Waals surface area contributed by atoms with Gasteiger partial charge in [-0.15, -0.1) is 5.34 Å². The lowest BCUT2D eigenvalue weighted by Crippen LogP contribution is -2.50. The highest BCUT2D eigenvalue weighted by Gasteiger charge is 2.24. The Morgan fingerprint density at radius 2 is 0.900 bits per heavy atom. The Bertz CT molecular complexity index is 161. The lowest BCUT2D eigenvalue weighted by Gasteiger charge is -2.39. The maximum Gasteiger partial charge on any atom is 0.0786 e. The molecule has 0 amide bonds. The molecule has 122 valence electrons. The van der Waals surface area contributed by atoms with E-state index in [1.807, 2.05) is 0 Å². The van der Waals surface area contributed by atoms with Crippen LogP contribution in [0.25, 0.3) is 0 Å². The van der Waals surface area contributed by atoms with Gasteiger partial charge in [-0.2, -0.15) is 0 Å². The molecule has 0 heterocycles. The van der Waals surface area contributed by atoms with Crippen LogP contribution < -0.4 is 0 Å². The Morgan fingerprint density at radius 1 is 0.700 bits per heavy atom. The second-order valence-electron chi connectivity index (χ2n) is 5.72. The van der Waals surface area contributed by atoms with Crippen LogP contribution in [-0.4, -0.2) is 30.7 Å². The monoisotopic (exact) mass is 288 g/mol. The molecule has 0 aliphatic carbocycles. The third kappa shape index (κ3) is 12.4. The van der Waals surface area contributed by atoms with Gasteiger partial charge in [-0.05, 0) is 25.7 Å². The smallest absolute Gasteiger partial charge is 0.0786 e. The molecule has 4 nitrogen and oxygen atoms in total. The van der Waals surface area contributed by atoms with Crippen molar-refractivity contribution in [1.82, 2.24) is 0 Å². The molecule has 0 saturated heterocycles. The van der Waals surface area contributed by atoms with Gasteiger partial charge in [-0.3, -0.25) is 0 Å². The molecule has 20 heavy (non-hydrogen) atoms. The van der Waals surface area contributed by atoms with Crippen molar-refractivity contribution in [1.29, 1.82) is 0 Å². The molecule has 0 bridgehead atoms. The summed E-state index contributed by atoms with van der Waals surface area (Å²) < 4.78 is 1.42. The largest absolute Gasteiger partial charge is 0.444 e. The predicted molar refractivity (Wildman–Crippen MR) is 88.5 cm³/mol. The zero-order valence-electron chi connectivity index (χ0n) is 14.2. The van der Waals surface area contributed by atoms with Gasteiger partial charge in [0.05, 0.1) is 26.2 Å². The Kier molecular flexibility index (Phi) is 17.8. The molecule has 0 saturated carbocycles. The van der Waals surface area contributed by atoms with Crippen LogP contribution in [0.3, 0.4) is 0 Å². The van der Waals surface area contributed by atoms with Crippen LogP contribution in [0.5, 0.6) is 0 Å². The molecule has 0 aromatic carbocycles. The summed E-state index contributed by atoms with van der Waals surface area (Å²) in [6.45, 7) is 15.0. The normalized spacial score (nSPS) is 10.8. The Balaban J connectivity index is 0. The maximum atomic E-state index is 8.00. The first-order chi connectivity index (χ1) is 9.66. The van der Waals surface area contributed by atoms with Crippen LogP contribution in [0.15, 0.2) is 5.34 Å². The van der Waals surface area contributed by atoms with E-state index >= 15 is 0 Å². The highest BCUT2D eigenvalue weighted by molar-refractivity contribution is 4.49. The molecule has 0 rings (SSSR count). The molecule has 0 N–H and O–H groups in total. The standard InChI is InChI=1S/C16H36N.HNO2/c1-5-9-13-17(14-10-6-2,15-11-7-3)16-12-8-4;2-1-3/h5-16H2,1-4H3;(H,2,3)/q+1;/p-1. The van der Waals surface area contributed by atoms with Gasteiger partial charge in [0.2, 0.25) is 0 Å². The van der Waals surface area contributed by atoms with E-state index in [0.717, 1.165) is 5.34 Å². The van der Waals surface area contributed by atoms with Crippen molar-refractivity contribution in [3.05, 3.63) is 10.1 Å². The summed E-state index contributed by atoms with van der Waals surface area (Å²) in [6.07, 6.45) is 11.1. The molecule has 0 unspecified atom stereocenters. The van der Waals surface area contributed by atoms with Crippen LogP contribution >= 0.6 is 0 Å².